The highest BCUT2D eigenvalue weighted by Gasteiger charge is 2.39. The van der Waals surface area contributed by atoms with Crippen LogP contribution in [0.3, 0.4) is 0 Å². The molecule has 3 nitrogen and oxygen atoms in total. The van der Waals surface area contributed by atoms with Crippen LogP contribution in [0, 0.1) is 5.82 Å². The molecule has 1 aromatic rings. The van der Waals surface area contributed by atoms with Crippen LogP contribution in [0.4, 0.5) is 4.39 Å². The Morgan fingerprint density at radius 2 is 1.72 bits per heavy atom. The van der Waals surface area contributed by atoms with Gasteiger partial charge in [-0.15, -0.1) is 24.8 Å². The van der Waals surface area contributed by atoms with Gasteiger partial charge in [-0.25, -0.2) is 4.39 Å². The highest BCUT2D eigenvalue weighted by Crippen LogP contribution is 2.40. The van der Waals surface area contributed by atoms with Crippen LogP contribution in [0.1, 0.15) is 43.6 Å². The summed E-state index contributed by atoms with van der Waals surface area (Å²) in [5.41, 5.74) is 0.267. The Hall–Kier alpha value is -0.390. The molecule has 1 aliphatic carbocycles. The molecule has 0 radical (unpaired) electrons. The van der Waals surface area contributed by atoms with Crippen molar-refractivity contribution in [3.05, 3.63) is 35.6 Å². The molecule has 25 heavy (non-hydrogen) atoms. The molecule has 0 spiro atoms. The summed E-state index contributed by atoms with van der Waals surface area (Å²) in [5, 5.41) is 11.3. The molecule has 1 N–H and O–H groups in total. The summed E-state index contributed by atoms with van der Waals surface area (Å²) in [7, 11) is 2.15. The molecule has 1 saturated heterocycles. The zero-order valence-corrected chi connectivity index (χ0v) is 16.6. The zero-order chi connectivity index (χ0) is 16.3. The van der Waals surface area contributed by atoms with Crippen LogP contribution in [0.15, 0.2) is 24.3 Å². The van der Waals surface area contributed by atoms with Crippen molar-refractivity contribution in [1.82, 2.24) is 9.80 Å². The van der Waals surface area contributed by atoms with E-state index in [9.17, 15) is 9.50 Å². The molecule has 2 aliphatic rings. The smallest absolute Gasteiger partial charge is 0.123 e. The summed E-state index contributed by atoms with van der Waals surface area (Å²) in [6, 6.07) is 6.86. The lowest BCUT2D eigenvalue weighted by Gasteiger charge is -2.43. The molecule has 1 heterocycles. The molecule has 1 aromatic carbocycles. The Morgan fingerprint density at radius 1 is 1.08 bits per heavy atom. The van der Waals surface area contributed by atoms with Crippen LogP contribution in [0.2, 0.25) is 0 Å². The highest BCUT2D eigenvalue weighted by molar-refractivity contribution is 5.85. The first-order chi connectivity index (χ1) is 11.1. The molecule has 2 fully saturated rings. The molecule has 6 heteroatoms. The van der Waals surface area contributed by atoms with Crippen molar-refractivity contribution in [2.45, 2.75) is 43.6 Å². The van der Waals surface area contributed by atoms with Crippen LogP contribution in [0.25, 0.3) is 0 Å². The van der Waals surface area contributed by atoms with E-state index < -0.39 is 5.60 Å². The molecule has 144 valence electrons. The van der Waals surface area contributed by atoms with Crippen LogP contribution in [-0.4, -0.2) is 60.3 Å². The van der Waals surface area contributed by atoms with Gasteiger partial charge in [-0.3, -0.25) is 0 Å². The molecule has 0 amide bonds. The zero-order valence-electron chi connectivity index (χ0n) is 15.0. The maximum absolute atomic E-state index is 13.7. The van der Waals surface area contributed by atoms with Gasteiger partial charge in [-0.1, -0.05) is 31.4 Å². The van der Waals surface area contributed by atoms with Gasteiger partial charge in [0.05, 0.1) is 5.60 Å². The van der Waals surface area contributed by atoms with E-state index in [0.29, 0.717) is 0 Å². The second kappa shape index (κ2) is 10.1. The molecule has 1 saturated carbocycles. The number of rotatable bonds is 4. The minimum Gasteiger partial charge on any atom is -0.389 e. The maximum Gasteiger partial charge on any atom is 0.123 e. The van der Waals surface area contributed by atoms with Crippen LogP contribution >= 0.6 is 24.8 Å². The lowest BCUT2D eigenvalue weighted by molar-refractivity contribution is -0.0337. The number of hydrogen-bond acceptors (Lipinski definition) is 3. The molecule has 1 atom stereocenters. The Morgan fingerprint density at radius 3 is 2.32 bits per heavy atom. The molecular formula is C19H31Cl2FN2O. The van der Waals surface area contributed by atoms with Crippen LogP contribution in [-0.2, 0) is 0 Å². The van der Waals surface area contributed by atoms with E-state index in [2.05, 4.69) is 16.8 Å². The lowest BCUT2D eigenvalue weighted by Crippen LogP contribution is -2.50. The molecule has 0 aromatic heterocycles. The van der Waals surface area contributed by atoms with Crippen molar-refractivity contribution in [2.75, 3.05) is 39.8 Å². The monoisotopic (exact) mass is 392 g/mol. The second-order valence-corrected chi connectivity index (χ2v) is 7.38. The first-order valence-electron chi connectivity index (χ1n) is 8.96. The predicted molar refractivity (Wildman–Crippen MR) is 106 cm³/mol. The molecule has 3 rings (SSSR count). The fourth-order valence-electron chi connectivity index (χ4n) is 4.11. The first kappa shape index (κ1) is 22.7. The lowest BCUT2D eigenvalue weighted by atomic mass is 9.72. The first-order valence-corrected chi connectivity index (χ1v) is 8.96. The fraction of sp³-hybridized carbons (Fsp3) is 0.684. The summed E-state index contributed by atoms with van der Waals surface area (Å²) in [6.45, 7) is 5.01. The number of piperazine rings is 1. The maximum atomic E-state index is 13.7. The topological polar surface area (TPSA) is 26.7 Å². The van der Waals surface area contributed by atoms with Gasteiger partial charge in [-0.2, -0.15) is 0 Å². The van der Waals surface area contributed by atoms with E-state index in [1.807, 2.05) is 6.07 Å². The van der Waals surface area contributed by atoms with Crippen molar-refractivity contribution in [2.24, 2.45) is 0 Å². The van der Waals surface area contributed by atoms with E-state index >= 15 is 0 Å². The quantitative estimate of drug-likeness (QED) is 0.845. The van der Waals surface area contributed by atoms with Crippen LogP contribution in [0.5, 0.6) is 0 Å². The third kappa shape index (κ3) is 5.80. The minimum atomic E-state index is -0.685. The third-order valence-electron chi connectivity index (χ3n) is 5.66. The summed E-state index contributed by atoms with van der Waals surface area (Å²) in [4.78, 5) is 4.77. The predicted octanol–water partition coefficient (Wildman–Crippen LogP) is 3.70. The van der Waals surface area contributed by atoms with Gasteiger partial charge in [-0.05, 0) is 37.6 Å². The van der Waals surface area contributed by atoms with E-state index in [1.54, 1.807) is 12.1 Å². The molecule has 1 unspecified atom stereocenters. The summed E-state index contributed by atoms with van der Waals surface area (Å²) in [5.74, 6) is -0.202. The Labute approximate surface area is 163 Å². The summed E-state index contributed by atoms with van der Waals surface area (Å²) in [6.07, 6.45) is 5.02. The van der Waals surface area contributed by atoms with E-state index in [4.69, 9.17) is 0 Å². The van der Waals surface area contributed by atoms with Crippen molar-refractivity contribution in [1.29, 1.82) is 0 Å². The molecular weight excluding hydrogens is 362 g/mol. The number of hydrogen-bond donors (Lipinski definition) is 1. The average Bonchev–Trinajstić information content (AvgIpc) is 2.55. The summed E-state index contributed by atoms with van der Waals surface area (Å²) >= 11 is 0. The minimum absolute atomic E-state index is 0. The fourth-order valence-corrected chi connectivity index (χ4v) is 4.11. The number of aliphatic hydroxyl groups is 1. The summed E-state index contributed by atoms with van der Waals surface area (Å²) < 4.78 is 13.7. The van der Waals surface area contributed by atoms with E-state index in [0.717, 1.165) is 64.0 Å². The van der Waals surface area contributed by atoms with Crippen molar-refractivity contribution < 1.29 is 9.50 Å². The van der Waals surface area contributed by atoms with Gasteiger partial charge < -0.3 is 14.9 Å². The standard InChI is InChI=1S/C19H29FN2O.2ClH/c1-21-10-12-22(13-11-21)15-18(16-6-5-7-17(20)14-16)19(23)8-3-2-4-9-19;;/h5-7,14,18,23H,2-4,8-13,15H2,1H3;2*1H. The van der Waals surface area contributed by atoms with E-state index in [1.165, 1.54) is 12.5 Å². The molecule has 1 aliphatic heterocycles. The number of halogens is 3. The average molecular weight is 393 g/mol. The van der Waals surface area contributed by atoms with Crippen LogP contribution < -0.4 is 0 Å². The van der Waals surface area contributed by atoms with Gasteiger partial charge >= 0.3 is 0 Å². The third-order valence-corrected chi connectivity index (χ3v) is 5.66. The number of benzene rings is 1. The highest BCUT2D eigenvalue weighted by atomic mass is 35.5. The van der Waals surface area contributed by atoms with Gasteiger partial charge in [0, 0.05) is 38.6 Å². The van der Waals surface area contributed by atoms with Gasteiger partial charge in [0.25, 0.3) is 0 Å². The van der Waals surface area contributed by atoms with Gasteiger partial charge in [0.1, 0.15) is 5.82 Å². The van der Waals surface area contributed by atoms with Gasteiger partial charge in [0.15, 0.2) is 0 Å². The van der Waals surface area contributed by atoms with Crippen molar-refractivity contribution >= 4 is 24.8 Å². The second-order valence-electron chi connectivity index (χ2n) is 7.38. The van der Waals surface area contributed by atoms with E-state index in [-0.39, 0.29) is 36.5 Å². The largest absolute Gasteiger partial charge is 0.389 e. The Balaban J connectivity index is 0.00000156. The normalized spacial score (nSPS) is 22.5. The van der Waals surface area contributed by atoms with Crippen molar-refractivity contribution in [3.63, 3.8) is 0 Å². The number of likely N-dealkylation sites (N-methyl/N-ethyl adjacent to an activating group) is 1. The van der Waals surface area contributed by atoms with Crippen molar-refractivity contribution in [3.8, 4) is 0 Å². The Bertz CT molecular complexity index is 518. The molecule has 0 bridgehead atoms. The SMILES string of the molecule is CN1CCN(CC(c2cccc(F)c2)C2(O)CCCCC2)CC1.Cl.Cl. The Kier molecular flexibility index (Phi) is 9.13. The van der Waals surface area contributed by atoms with Gasteiger partial charge in [0.2, 0.25) is 0 Å². The number of nitrogens with zero attached hydrogens (tertiary/aromatic N) is 2.